The fraction of sp³-hybridized carbons (Fsp3) is 0.350. The van der Waals surface area contributed by atoms with Crippen molar-refractivity contribution < 1.29 is 14.2 Å². The summed E-state index contributed by atoms with van der Waals surface area (Å²) in [7, 11) is 1.65. The Morgan fingerprint density at radius 3 is 3.00 bits per heavy atom. The molecule has 9 heteroatoms. The predicted octanol–water partition coefficient (Wildman–Crippen LogP) is 2.32. The van der Waals surface area contributed by atoms with E-state index in [0.717, 1.165) is 35.2 Å². The van der Waals surface area contributed by atoms with Gasteiger partial charge in [0.2, 0.25) is 5.95 Å². The Kier molecular flexibility index (Phi) is 4.44. The Morgan fingerprint density at radius 1 is 1.24 bits per heavy atom. The third-order valence-electron chi connectivity index (χ3n) is 5.09. The number of nitrogens with zero attached hydrogens (tertiary/aromatic N) is 5. The van der Waals surface area contributed by atoms with Crippen LogP contribution in [0, 0.1) is 6.92 Å². The van der Waals surface area contributed by atoms with Crippen LogP contribution in [0.25, 0.3) is 5.69 Å². The number of fused-ring (bicyclic) bond motifs is 3. The van der Waals surface area contributed by atoms with E-state index < -0.39 is 0 Å². The van der Waals surface area contributed by atoms with E-state index in [2.05, 4.69) is 20.2 Å². The van der Waals surface area contributed by atoms with Gasteiger partial charge in [0.1, 0.15) is 12.4 Å². The van der Waals surface area contributed by atoms with E-state index in [9.17, 15) is 0 Å². The largest absolute Gasteiger partial charge is 0.494 e. The van der Waals surface area contributed by atoms with E-state index in [4.69, 9.17) is 19.2 Å². The highest BCUT2D eigenvalue weighted by molar-refractivity contribution is 5.64. The standard InChI is InChI=1S/C20H22N6O3/c1-13-9-25(12-22-13)16-4-3-14(7-17(16)27-2)23-20-21-8-18-19(24-20)26-5-6-28-10-15(26)11-29-18/h3-4,7-9,12,15H,5-6,10-11H2,1-2H3,(H,21,23,24)/t15-/m1/s1. The van der Waals surface area contributed by atoms with Gasteiger partial charge < -0.3 is 29.0 Å². The first-order chi connectivity index (χ1) is 14.2. The zero-order valence-electron chi connectivity index (χ0n) is 16.3. The maximum atomic E-state index is 5.80. The molecule has 150 valence electrons. The van der Waals surface area contributed by atoms with Crippen molar-refractivity contribution in [3.05, 3.63) is 42.6 Å². The molecule has 1 fully saturated rings. The molecule has 3 aromatic rings. The second-order valence-electron chi connectivity index (χ2n) is 7.05. The number of hydrogen-bond donors (Lipinski definition) is 1. The highest BCUT2D eigenvalue weighted by atomic mass is 16.5. The van der Waals surface area contributed by atoms with Gasteiger partial charge in [-0.05, 0) is 19.1 Å². The lowest BCUT2D eigenvalue weighted by Gasteiger charge is -2.40. The molecule has 29 heavy (non-hydrogen) atoms. The van der Waals surface area contributed by atoms with Gasteiger partial charge >= 0.3 is 0 Å². The molecular weight excluding hydrogens is 372 g/mol. The Hall–Kier alpha value is -3.33. The van der Waals surface area contributed by atoms with Crippen LogP contribution in [0.3, 0.4) is 0 Å². The lowest BCUT2D eigenvalue weighted by atomic mass is 10.2. The van der Waals surface area contributed by atoms with E-state index >= 15 is 0 Å². The lowest BCUT2D eigenvalue weighted by molar-refractivity contribution is 0.0696. The van der Waals surface area contributed by atoms with Crippen LogP contribution in [0.5, 0.6) is 11.5 Å². The summed E-state index contributed by atoms with van der Waals surface area (Å²) in [5.74, 6) is 2.74. The minimum atomic E-state index is 0.192. The molecule has 4 heterocycles. The van der Waals surface area contributed by atoms with Crippen LogP contribution in [0.1, 0.15) is 5.69 Å². The third kappa shape index (κ3) is 3.33. The Morgan fingerprint density at radius 2 is 2.17 bits per heavy atom. The molecule has 0 spiro atoms. The van der Waals surface area contributed by atoms with Gasteiger partial charge in [-0.2, -0.15) is 4.98 Å². The van der Waals surface area contributed by atoms with Crippen LogP contribution in [0.4, 0.5) is 17.5 Å². The number of aromatic nitrogens is 4. The smallest absolute Gasteiger partial charge is 0.229 e. The van der Waals surface area contributed by atoms with Crippen molar-refractivity contribution in [2.24, 2.45) is 0 Å². The fourth-order valence-corrected chi connectivity index (χ4v) is 3.64. The molecule has 2 aliphatic rings. The summed E-state index contributed by atoms with van der Waals surface area (Å²) in [4.78, 5) is 15.6. The zero-order chi connectivity index (χ0) is 19.8. The minimum Gasteiger partial charge on any atom is -0.494 e. The van der Waals surface area contributed by atoms with Crippen molar-refractivity contribution in [1.29, 1.82) is 0 Å². The van der Waals surface area contributed by atoms with Gasteiger partial charge in [-0.25, -0.2) is 9.97 Å². The predicted molar refractivity (Wildman–Crippen MR) is 108 cm³/mol. The van der Waals surface area contributed by atoms with E-state index in [-0.39, 0.29) is 6.04 Å². The number of nitrogens with one attached hydrogen (secondary N) is 1. The number of benzene rings is 1. The van der Waals surface area contributed by atoms with Crippen LogP contribution in [0.2, 0.25) is 0 Å². The number of morpholine rings is 1. The topological polar surface area (TPSA) is 86.6 Å². The van der Waals surface area contributed by atoms with E-state index in [1.54, 1.807) is 19.6 Å². The van der Waals surface area contributed by atoms with Crippen LogP contribution in [-0.4, -0.2) is 59.0 Å². The van der Waals surface area contributed by atoms with Gasteiger partial charge in [-0.1, -0.05) is 0 Å². The van der Waals surface area contributed by atoms with Crippen molar-refractivity contribution in [2.45, 2.75) is 13.0 Å². The van der Waals surface area contributed by atoms with Crippen molar-refractivity contribution >= 4 is 17.5 Å². The molecule has 0 amide bonds. The first-order valence-corrected chi connectivity index (χ1v) is 9.51. The van der Waals surface area contributed by atoms with Crippen molar-refractivity contribution in [3.63, 3.8) is 0 Å². The van der Waals surface area contributed by atoms with E-state index in [0.29, 0.717) is 31.5 Å². The molecule has 5 rings (SSSR count). The van der Waals surface area contributed by atoms with Crippen molar-refractivity contribution in [1.82, 2.24) is 19.5 Å². The van der Waals surface area contributed by atoms with Gasteiger partial charge in [0.05, 0.1) is 50.3 Å². The second kappa shape index (κ2) is 7.25. The van der Waals surface area contributed by atoms with Crippen LogP contribution in [0.15, 0.2) is 36.9 Å². The fourth-order valence-electron chi connectivity index (χ4n) is 3.64. The normalized spacial score (nSPS) is 17.9. The summed E-state index contributed by atoms with van der Waals surface area (Å²) in [5, 5.41) is 3.27. The maximum absolute atomic E-state index is 5.80. The average molecular weight is 394 g/mol. The second-order valence-corrected chi connectivity index (χ2v) is 7.05. The Bertz CT molecular complexity index is 1040. The van der Waals surface area contributed by atoms with E-state index in [1.165, 1.54) is 0 Å². The molecule has 1 saturated heterocycles. The van der Waals surface area contributed by atoms with Crippen LogP contribution < -0.4 is 19.7 Å². The molecule has 2 aromatic heterocycles. The molecule has 0 saturated carbocycles. The van der Waals surface area contributed by atoms with Gasteiger partial charge in [0.25, 0.3) is 0 Å². The number of ether oxygens (including phenoxy) is 3. The summed E-state index contributed by atoms with van der Waals surface area (Å²) in [6, 6.07) is 6.05. The molecule has 0 unspecified atom stereocenters. The number of rotatable bonds is 4. The lowest BCUT2D eigenvalue weighted by Crippen LogP contribution is -2.51. The number of anilines is 3. The SMILES string of the molecule is COc1cc(Nc2ncc3c(n2)N2CCOC[C@@H]2CO3)ccc1-n1cnc(C)c1. The Balaban J connectivity index is 1.42. The van der Waals surface area contributed by atoms with Crippen molar-refractivity contribution in [3.8, 4) is 17.2 Å². The third-order valence-corrected chi connectivity index (χ3v) is 5.09. The molecule has 0 bridgehead atoms. The van der Waals surface area contributed by atoms with Gasteiger partial charge in [0.15, 0.2) is 11.6 Å². The summed E-state index contributed by atoms with van der Waals surface area (Å²) in [5.41, 5.74) is 2.69. The molecular formula is C20H22N6O3. The Labute approximate surface area is 168 Å². The maximum Gasteiger partial charge on any atom is 0.229 e. The minimum absolute atomic E-state index is 0.192. The van der Waals surface area contributed by atoms with Gasteiger partial charge in [-0.15, -0.1) is 0 Å². The summed E-state index contributed by atoms with van der Waals surface area (Å²) >= 11 is 0. The average Bonchev–Trinajstić information content (AvgIpc) is 3.19. The van der Waals surface area contributed by atoms with Crippen LogP contribution >= 0.6 is 0 Å². The summed E-state index contributed by atoms with van der Waals surface area (Å²) < 4.78 is 18.9. The molecule has 0 radical (unpaired) electrons. The van der Waals surface area contributed by atoms with Crippen molar-refractivity contribution in [2.75, 3.05) is 43.7 Å². The first kappa shape index (κ1) is 17.7. The molecule has 9 nitrogen and oxygen atoms in total. The van der Waals surface area contributed by atoms with Crippen LogP contribution in [-0.2, 0) is 4.74 Å². The summed E-state index contributed by atoms with van der Waals surface area (Å²) in [6.45, 7) is 4.68. The molecule has 2 aliphatic heterocycles. The highest BCUT2D eigenvalue weighted by Gasteiger charge is 2.32. The van der Waals surface area contributed by atoms with Gasteiger partial charge in [0, 0.05) is 24.5 Å². The summed E-state index contributed by atoms with van der Waals surface area (Å²) in [6.07, 6.45) is 5.44. The molecule has 0 aliphatic carbocycles. The number of hydrogen-bond acceptors (Lipinski definition) is 8. The van der Waals surface area contributed by atoms with E-state index in [1.807, 2.05) is 35.9 Å². The molecule has 1 aromatic carbocycles. The van der Waals surface area contributed by atoms with Gasteiger partial charge in [-0.3, -0.25) is 0 Å². The number of methoxy groups -OCH3 is 1. The monoisotopic (exact) mass is 394 g/mol. The number of imidazole rings is 1. The quantitative estimate of drug-likeness (QED) is 0.722. The molecule has 1 atom stereocenters. The zero-order valence-corrected chi connectivity index (χ0v) is 16.3. The number of aryl methyl sites for hydroxylation is 1. The first-order valence-electron chi connectivity index (χ1n) is 9.51. The highest BCUT2D eigenvalue weighted by Crippen LogP contribution is 2.34. The molecule has 1 N–H and O–H groups in total.